The molecule has 4 nitrogen and oxygen atoms in total. The lowest BCUT2D eigenvalue weighted by atomic mass is 10.1. The molecule has 2 rings (SSSR count). The third-order valence-electron chi connectivity index (χ3n) is 2.62. The Bertz CT molecular complexity index is 752. The van der Waals surface area contributed by atoms with Gasteiger partial charge in [0, 0.05) is 31.7 Å². The summed E-state index contributed by atoms with van der Waals surface area (Å²) in [5.74, 6) is -1.26. The van der Waals surface area contributed by atoms with Crippen molar-refractivity contribution >= 4 is 16.9 Å². The molecule has 1 atom stereocenters. The van der Waals surface area contributed by atoms with Crippen LogP contribution in [0.2, 0.25) is 0 Å². The van der Waals surface area contributed by atoms with Gasteiger partial charge in [0.2, 0.25) is 0 Å². The number of rotatable bonds is 4. The molecule has 2 aromatic rings. The topological polar surface area (TPSA) is 68.1 Å². The maximum absolute atomic E-state index is 12.1. The number of para-hydroxylation sites is 1. The smallest absolute Gasteiger partial charge is 0.323 e. The van der Waals surface area contributed by atoms with E-state index in [1.807, 2.05) is 24.3 Å². The summed E-state index contributed by atoms with van der Waals surface area (Å²) in [5, 5.41) is 0.828. The molecule has 0 bridgehead atoms. The number of aromatic nitrogens is 1. The van der Waals surface area contributed by atoms with Crippen LogP contribution < -0.4 is 5.73 Å². The molecular formula is C14H18N2O2. The van der Waals surface area contributed by atoms with Gasteiger partial charge >= 0.3 is 5.97 Å². The van der Waals surface area contributed by atoms with Gasteiger partial charge in [-0.3, -0.25) is 4.79 Å². The lowest BCUT2D eigenvalue weighted by Gasteiger charge is -2.13. The molecule has 1 aromatic carbocycles. The van der Waals surface area contributed by atoms with Crippen LogP contribution in [0, 0.1) is 0 Å². The van der Waals surface area contributed by atoms with E-state index in [1.165, 1.54) is 0 Å². The fourth-order valence-electron chi connectivity index (χ4n) is 1.80. The highest BCUT2D eigenvalue weighted by Crippen LogP contribution is 2.18. The Morgan fingerprint density at radius 1 is 1.56 bits per heavy atom. The third kappa shape index (κ3) is 2.71. The SMILES string of the molecule is [2H]C([2H])([2H])C([2H])(OC(=O)[C@@H](N)Cc1c[nH]c2ccccc12)C([2H])([2H])[2H]. The average molecular weight is 253 g/mol. The number of carbonyl (C=O) groups excluding carboxylic acids is 1. The molecule has 0 saturated carbocycles. The number of carbonyl (C=O) groups is 1. The molecule has 0 aliphatic heterocycles. The minimum atomic E-state index is -3.38. The van der Waals surface area contributed by atoms with Gasteiger partial charge in [-0.1, -0.05) is 18.2 Å². The summed E-state index contributed by atoms with van der Waals surface area (Å²) in [4.78, 5) is 15.1. The van der Waals surface area contributed by atoms with Crippen LogP contribution in [0.1, 0.15) is 28.9 Å². The molecular weight excluding hydrogens is 228 g/mol. The zero-order valence-corrected chi connectivity index (χ0v) is 9.57. The quantitative estimate of drug-likeness (QED) is 0.819. The number of nitrogens with one attached hydrogen (secondary N) is 1. The van der Waals surface area contributed by atoms with Crippen molar-refractivity contribution in [2.24, 2.45) is 5.73 Å². The first kappa shape index (κ1) is 6.38. The monoisotopic (exact) mass is 253 g/mol. The van der Waals surface area contributed by atoms with E-state index in [0.717, 1.165) is 10.9 Å². The van der Waals surface area contributed by atoms with Crippen molar-refractivity contribution in [1.29, 1.82) is 0 Å². The largest absolute Gasteiger partial charge is 0.462 e. The fraction of sp³-hybridized carbons (Fsp3) is 0.357. The Balaban J connectivity index is 2.19. The first-order chi connectivity index (χ1) is 11.4. The molecule has 96 valence electrons. The van der Waals surface area contributed by atoms with Gasteiger partial charge < -0.3 is 15.5 Å². The predicted octanol–water partition coefficient (Wildman–Crippen LogP) is 1.99. The van der Waals surface area contributed by atoms with Crippen LogP contribution in [-0.4, -0.2) is 23.1 Å². The van der Waals surface area contributed by atoms with Crippen molar-refractivity contribution in [3.8, 4) is 0 Å². The average Bonchev–Trinajstić information content (AvgIpc) is 2.88. The zero-order chi connectivity index (χ0) is 19.0. The van der Waals surface area contributed by atoms with E-state index in [4.69, 9.17) is 15.3 Å². The van der Waals surface area contributed by atoms with Crippen molar-refractivity contribution < 1.29 is 19.1 Å². The first-order valence-corrected chi connectivity index (χ1v) is 5.40. The Hall–Kier alpha value is -1.81. The lowest BCUT2D eigenvalue weighted by Crippen LogP contribution is -2.35. The Morgan fingerprint density at radius 3 is 3.11 bits per heavy atom. The van der Waals surface area contributed by atoms with Crippen LogP contribution in [0.4, 0.5) is 0 Å². The van der Waals surface area contributed by atoms with Crippen LogP contribution in [0.25, 0.3) is 10.9 Å². The fourth-order valence-corrected chi connectivity index (χ4v) is 1.80. The van der Waals surface area contributed by atoms with Crippen LogP contribution >= 0.6 is 0 Å². The van der Waals surface area contributed by atoms with E-state index in [1.54, 1.807) is 6.20 Å². The second kappa shape index (κ2) is 5.23. The van der Waals surface area contributed by atoms with Crippen LogP contribution in [0.5, 0.6) is 0 Å². The van der Waals surface area contributed by atoms with Crippen LogP contribution in [0.15, 0.2) is 30.5 Å². The second-order valence-electron chi connectivity index (χ2n) is 3.92. The van der Waals surface area contributed by atoms with Crippen molar-refractivity contribution in [3.63, 3.8) is 0 Å². The van der Waals surface area contributed by atoms with E-state index in [9.17, 15) is 4.79 Å². The van der Waals surface area contributed by atoms with E-state index >= 15 is 0 Å². The first-order valence-electron chi connectivity index (χ1n) is 8.90. The number of esters is 1. The Kier molecular flexibility index (Phi) is 1.85. The van der Waals surface area contributed by atoms with Gasteiger partial charge in [0.05, 0.1) is 7.45 Å². The Labute approximate surface area is 116 Å². The summed E-state index contributed by atoms with van der Waals surface area (Å²) in [6.07, 6.45) is -1.73. The van der Waals surface area contributed by atoms with Crippen LogP contribution in [0.3, 0.4) is 0 Å². The third-order valence-corrected chi connectivity index (χ3v) is 2.62. The number of ether oxygens (including phenoxy) is 1. The molecule has 1 heterocycles. The standard InChI is InChI=1S/C14H18N2O2/c1-9(2)18-14(17)12(15)7-10-8-16-13-6-4-3-5-11(10)13/h3-6,8-9,12,16H,7,15H2,1-2H3/t12-/m0/s1/i1D3,2D3,9D. The van der Waals surface area contributed by atoms with Gasteiger partial charge in [0.1, 0.15) is 6.04 Å². The summed E-state index contributed by atoms with van der Waals surface area (Å²) >= 11 is 0. The molecule has 0 spiro atoms. The number of nitrogens with two attached hydrogens (primary N) is 1. The summed E-state index contributed by atoms with van der Waals surface area (Å²) < 4.78 is 55.7. The highest BCUT2D eigenvalue weighted by molar-refractivity contribution is 5.84. The summed E-state index contributed by atoms with van der Waals surface area (Å²) in [5.41, 5.74) is 7.28. The number of hydrogen-bond acceptors (Lipinski definition) is 3. The molecule has 0 fully saturated rings. The predicted molar refractivity (Wildman–Crippen MR) is 71.2 cm³/mol. The number of aromatic amines is 1. The number of fused-ring (bicyclic) bond motifs is 1. The molecule has 0 aliphatic carbocycles. The molecule has 0 aliphatic rings. The van der Waals surface area contributed by atoms with Gasteiger partial charge in [-0.15, -0.1) is 0 Å². The maximum Gasteiger partial charge on any atom is 0.323 e. The van der Waals surface area contributed by atoms with Gasteiger partial charge in [-0.05, 0) is 25.3 Å². The van der Waals surface area contributed by atoms with Crippen molar-refractivity contribution in [1.82, 2.24) is 4.98 Å². The molecule has 18 heavy (non-hydrogen) atoms. The van der Waals surface area contributed by atoms with Gasteiger partial charge in [0.25, 0.3) is 0 Å². The number of hydrogen-bond donors (Lipinski definition) is 2. The van der Waals surface area contributed by atoms with Gasteiger partial charge in [-0.2, -0.15) is 0 Å². The molecule has 3 N–H and O–H groups in total. The lowest BCUT2D eigenvalue weighted by molar-refractivity contribution is -0.148. The van der Waals surface area contributed by atoms with Gasteiger partial charge in [-0.25, -0.2) is 0 Å². The normalized spacial score (nSPS) is 20.6. The Morgan fingerprint density at radius 2 is 2.33 bits per heavy atom. The summed E-state index contributed by atoms with van der Waals surface area (Å²) in [7, 11) is 0. The van der Waals surface area contributed by atoms with E-state index in [2.05, 4.69) is 9.72 Å². The van der Waals surface area contributed by atoms with Gasteiger partial charge in [0.15, 0.2) is 0 Å². The minimum absolute atomic E-state index is 0.000919. The highest BCUT2D eigenvalue weighted by Gasteiger charge is 2.18. The molecule has 0 saturated heterocycles. The molecule has 0 unspecified atom stereocenters. The number of benzene rings is 1. The van der Waals surface area contributed by atoms with E-state index in [0.29, 0.717) is 5.56 Å². The van der Waals surface area contributed by atoms with E-state index in [-0.39, 0.29) is 6.42 Å². The van der Waals surface area contributed by atoms with Crippen LogP contribution in [-0.2, 0) is 16.0 Å². The van der Waals surface area contributed by atoms with Crippen molar-refractivity contribution in [2.75, 3.05) is 0 Å². The highest BCUT2D eigenvalue weighted by atomic mass is 16.5. The molecule has 1 aromatic heterocycles. The van der Waals surface area contributed by atoms with Crippen molar-refractivity contribution in [2.45, 2.75) is 32.2 Å². The second-order valence-corrected chi connectivity index (χ2v) is 3.92. The van der Waals surface area contributed by atoms with Crippen molar-refractivity contribution in [3.05, 3.63) is 36.0 Å². The van der Waals surface area contributed by atoms with E-state index < -0.39 is 31.8 Å². The maximum atomic E-state index is 12.1. The molecule has 0 radical (unpaired) electrons. The minimum Gasteiger partial charge on any atom is -0.462 e. The summed E-state index contributed by atoms with van der Waals surface area (Å²) in [6.45, 7) is -6.71. The zero-order valence-electron chi connectivity index (χ0n) is 16.6. The number of H-pyrrole nitrogens is 1. The summed E-state index contributed by atoms with van der Waals surface area (Å²) in [6, 6.07) is 5.98. The molecule has 0 amide bonds. The molecule has 4 heteroatoms.